The van der Waals surface area contributed by atoms with E-state index < -0.39 is 5.97 Å². The lowest BCUT2D eigenvalue weighted by Crippen LogP contribution is -2.65. The number of aliphatic carboxylic acids is 1. The van der Waals surface area contributed by atoms with Crippen molar-refractivity contribution in [2.75, 3.05) is 13.2 Å². The summed E-state index contributed by atoms with van der Waals surface area (Å²) in [7, 11) is 0. The van der Waals surface area contributed by atoms with Gasteiger partial charge in [0.05, 0.1) is 0 Å². The number of rotatable bonds is 7. The van der Waals surface area contributed by atoms with Gasteiger partial charge in [0.15, 0.2) is 0 Å². The average Bonchev–Trinajstić information content (AvgIpc) is 2.57. The van der Waals surface area contributed by atoms with Crippen LogP contribution < -0.4 is 0 Å². The van der Waals surface area contributed by atoms with Crippen LogP contribution >= 0.6 is 0 Å². The molecule has 3 rings (SSSR count). The largest absolute Gasteiger partial charge is 0.478 e. The minimum atomic E-state index is -0.795. The second kappa shape index (κ2) is 6.80. The van der Waals surface area contributed by atoms with Gasteiger partial charge in [-0.2, -0.15) is 0 Å². The Morgan fingerprint density at radius 1 is 1.38 bits per heavy atom. The van der Waals surface area contributed by atoms with Crippen molar-refractivity contribution in [3.8, 4) is 0 Å². The van der Waals surface area contributed by atoms with Gasteiger partial charge in [0.2, 0.25) is 0 Å². The average molecular weight is 336 g/mol. The fourth-order valence-electron chi connectivity index (χ4n) is 6.20. The molecule has 2 fully saturated rings. The third-order valence-electron chi connectivity index (χ3n) is 7.50. The smallest absolute Gasteiger partial charge is 0.331 e. The third kappa shape index (κ3) is 2.62. The molecule has 0 bridgehead atoms. The van der Waals surface area contributed by atoms with Crippen LogP contribution in [0.3, 0.4) is 0 Å². The first-order chi connectivity index (χ1) is 11.5. The Morgan fingerprint density at radius 3 is 2.75 bits per heavy atom. The molecule has 2 saturated carbocycles. The van der Waals surface area contributed by atoms with E-state index in [9.17, 15) is 20.1 Å². The van der Waals surface area contributed by atoms with Crippen molar-refractivity contribution in [3.05, 3.63) is 11.6 Å². The summed E-state index contributed by atoms with van der Waals surface area (Å²) < 4.78 is 0. The van der Waals surface area contributed by atoms with Gasteiger partial charge in [-0.1, -0.05) is 32.8 Å². The Labute approximate surface area is 145 Å². The van der Waals surface area contributed by atoms with Crippen molar-refractivity contribution < 1.29 is 20.1 Å². The standard InChI is InChI=1S/C20H32O4/c1-12(10-21)4-3-9-20(11-22)16-8-5-13(2)14-6-7-15(19(23)24)18(20)17(14)16/h7,12-14,16-18,21-22H,3-6,8-11H2,1-2H3,(H,23,24). The number of allylic oxidation sites excluding steroid dienone is 1. The molecule has 7 unspecified atom stereocenters. The van der Waals surface area contributed by atoms with E-state index in [2.05, 4.69) is 6.92 Å². The van der Waals surface area contributed by atoms with E-state index in [0.29, 0.717) is 29.2 Å². The number of aliphatic hydroxyl groups is 2. The third-order valence-corrected chi connectivity index (χ3v) is 7.50. The maximum Gasteiger partial charge on any atom is 0.331 e. The number of hydrogen-bond acceptors (Lipinski definition) is 3. The summed E-state index contributed by atoms with van der Waals surface area (Å²) in [5, 5.41) is 29.2. The van der Waals surface area contributed by atoms with Crippen LogP contribution in [0.15, 0.2) is 11.6 Å². The highest BCUT2D eigenvalue weighted by Gasteiger charge is 2.66. The zero-order chi connectivity index (χ0) is 17.5. The summed E-state index contributed by atoms with van der Waals surface area (Å²) in [6.45, 7) is 4.63. The minimum Gasteiger partial charge on any atom is -0.478 e. The van der Waals surface area contributed by atoms with Crippen LogP contribution in [0.5, 0.6) is 0 Å². The molecule has 0 amide bonds. The molecule has 0 aromatic carbocycles. The maximum absolute atomic E-state index is 11.8. The first-order valence-corrected chi connectivity index (χ1v) is 9.61. The SMILES string of the molecule is CC(CO)CCCC1(CO)C2CCC(C)C3CC=C(C(=O)O)C1C32. The zero-order valence-corrected chi connectivity index (χ0v) is 14.9. The summed E-state index contributed by atoms with van der Waals surface area (Å²) in [5.41, 5.74) is 0.314. The van der Waals surface area contributed by atoms with E-state index in [0.717, 1.165) is 32.1 Å². The highest BCUT2D eigenvalue weighted by Crippen LogP contribution is 2.70. The molecule has 0 aromatic heterocycles. The van der Waals surface area contributed by atoms with Gasteiger partial charge in [0, 0.05) is 30.1 Å². The van der Waals surface area contributed by atoms with Gasteiger partial charge >= 0.3 is 5.97 Å². The zero-order valence-electron chi connectivity index (χ0n) is 14.9. The Hall–Kier alpha value is -0.870. The molecule has 0 saturated heterocycles. The highest BCUT2D eigenvalue weighted by molar-refractivity contribution is 5.88. The van der Waals surface area contributed by atoms with E-state index in [1.807, 2.05) is 13.0 Å². The van der Waals surface area contributed by atoms with Crippen LogP contribution in [0.25, 0.3) is 0 Å². The van der Waals surface area contributed by atoms with Gasteiger partial charge in [0.1, 0.15) is 0 Å². The first kappa shape index (κ1) is 17.9. The van der Waals surface area contributed by atoms with Gasteiger partial charge in [-0.25, -0.2) is 4.79 Å². The van der Waals surface area contributed by atoms with Crippen LogP contribution in [0.2, 0.25) is 0 Å². The molecule has 4 heteroatoms. The fourth-order valence-corrected chi connectivity index (χ4v) is 6.20. The summed E-state index contributed by atoms with van der Waals surface area (Å²) in [5.74, 6) is 1.68. The van der Waals surface area contributed by atoms with Gasteiger partial charge < -0.3 is 15.3 Å². The predicted octanol–water partition coefficient (Wildman–Crippen LogP) is 3.09. The molecule has 7 atom stereocenters. The summed E-state index contributed by atoms with van der Waals surface area (Å²) in [6, 6.07) is 0. The molecule has 4 nitrogen and oxygen atoms in total. The van der Waals surface area contributed by atoms with Crippen LogP contribution in [0, 0.1) is 40.9 Å². The van der Waals surface area contributed by atoms with E-state index in [1.165, 1.54) is 6.42 Å². The lowest BCUT2D eigenvalue weighted by molar-refractivity contribution is -0.198. The number of carboxylic acids is 1. The summed E-state index contributed by atoms with van der Waals surface area (Å²) in [4.78, 5) is 11.8. The Kier molecular flexibility index (Phi) is 5.08. The normalized spacial score (nSPS) is 41.8. The molecule has 0 aromatic rings. The van der Waals surface area contributed by atoms with Crippen LogP contribution in [0.1, 0.15) is 52.4 Å². The number of carbonyl (C=O) groups is 1. The predicted molar refractivity (Wildman–Crippen MR) is 92.3 cm³/mol. The lowest BCUT2D eigenvalue weighted by Gasteiger charge is -2.68. The van der Waals surface area contributed by atoms with Gasteiger partial charge in [-0.05, 0) is 55.3 Å². The molecular weight excluding hydrogens is 304 g/mol. The van der Waals surface area contributed by atoms with Crippen molar-refractivity contribution in [1.82, 2.24) is 0 Å². The molecule has 24 heavy (non-hydrogen) atoms. The number of hydrogen-bond donors (Lipinski definition) is 3. The summed E-state index contributed by atoms with van der Waals surface area (Å²) in [6.07, 6.45) is 7.94. The molecule has 3 aliphatic rings. The van der Waals surface area contributed by atoms with Gasteiger partial charge in [-0.15, -0.1) is 0 Å². The topological polar surface area (TPSA) is 77.8 Å². The Balaban J connectivity index is 1.84. The minimum absolute atomic E-state index is 0.0240. The maximum atomic E-state index is 11.8. The molecule has 3 aliphatic carbocycles. The first-order valence-electron chi connectivity index (χ1n) is 9.61. The van der Waals surface area contributed by atoms with Crippen LogP contribution in [0.4, 0.5) is 0 Å². The van der Waals surface area contributed by atoms with Crippen molar-refractivity contribution in [2.24, 2.45) is 40.9 Å². The van der Waals surface area contributed by atoms with E-state index in [-0.39, 0.29) is 30.5 Å². The highest BCUT2D eigenvalue weighted by atomic mass is 16.4. The monoisotopic (exact) mass is 336 g/mol. The molecule has 0 aliphatic heterocycles. The van der Waals surface area contributed by atoms with E-state index in [4.69, 9.17) is 0 Å². The van der Waals surface area contributed by atoms with Gasteiger partial charge in [0.25, 0.3) is 0 Å². The quantitative estimate of drug-likeness (QED) is 0.667. The van der Waals surface area contributed by atoms with E-state index >= 15 is 0 Å². The fraction of sp³-hybridized carbons (Fsp3) is 0.850. The molecule has 0 heterocycles. The molecule has 0 radical (unpaired) electrons. The number of aliphatic hydroxyl groups excluding tert-OH is 2. The molecule has 136 valence electrons. The van der Waals surface area contributed by atoms with Crippen molar-refractivity contribution >= 4 is 5.97 Å². The van der Waals surface area contributed by atoms with Gasteiger partial charge in [-0.3, -0.25) is 0 Å². The number of carboxylic acid groups (broad SMARTS) is 1. The van der Waals surface area contributed by atoms with Crippen LogP contribution in [-0.4, -0.2) is 34.5 Å². The Bertz CT molecular complexity index is 514. The lowest BCUT2D eigenvalue weighted by atomic mass is 9.36. The van der Waals surface area contributed by atoms with Crippen molar-refractivity contribution in [3.63, 3.8) is 0 Å². The molecule has 0 spiro atoms. The van der Waals surface area contributed by atoms with Crippen molar-refractivity contribution in [2.45, 2.75) is 52.4 Å². The Morgan fingerprint density at radius 2 is 2.12 bits per heavy atom. The molecule has 3 N–H and O–H groups in total. The second-order valence-corrected chi connectivity index (χ2v) is 8.65. The summed E-state index contributed by atoms with van der Waals surface area (Å²) >= 11 is 0. The van der Waals surface area contributed by atoms with Crippen LogP contribution in [-0.2, 0) is 4.79 Å². The second-order valence-electron chi connectivity index (χ2n) is 8.65. The van der Waals surface area contributed by atoms with E-state index in [1.54, 1.807) is 0 Å². The molecular formula is C20H32O4. The van der Waals surface area contributed by atoms with Crippen molar-refractivity contribution in [1.29, 1.82) is 0 Å².